The van der Waals surface area contributed by atoms with E-state index in [2.05, 4.69) is 16.4 Å². The van der Waals surface area contributed by atoms with Crippen molar-refractivity contribution in [2.75, 3.05) is 5.32 Å². The second-order valence-electron chi connectivity index (χ2n) is 5.20. The van der Waals surface area contributed by atoms with Crippen LogP contribution in [0.3, 0.4) is 0 Å². The highest BCUT2D eigenvalue weighted by molar-refractivity contribution is 7.11. The fourth-order valence-corrected chi connectivity index (χ4v) is 2.92. The Kier molecular flexibility index (Phi) is 4.69. The molecule has 2 aromatic carbocycles. The summed E-state index contributed by atoms with van der Waals surface area (Å²) in [6.07, 6.45) is 1.48. The van der Waals surface area contributed by atoms with Crippen molar-refractivity contribution in [1.29, 1.82) is 5.26 Å². The summed E-state index contributed by atoms with van der Waals surface area (Å²) in [5.41, 5.74) is 3.69. The van der Waals surface area contributed by atoms with Crippen molar-refractivity contribution in [2.24, 2.45) is 0 Å². The van der Waals surface area contributed by atoms with E-state index in [1.807, 2.05) is 36.6 Å². The van der Waals surface area contributed by atoms with Crippen molar-refractivity contribution in [1.82, 2.24) is 4.98 Å². The molecule has 0 atom stereocenters. The highest BCUT2D eigenvalue weighted by Gasteiger charge is 2.09. The lowest BCUT2D eigenvalue weighted by atomic mass is 10.1. The lowest BCUT2D eigenvalue weighted by molar-refractivity contribution is 0.632. The van der Waals surface area contributed by atoms with Crippen LogP contribution >= 0.6 is 11.3 Å². The quantitative estimate of drug-likeness (QED) is 0.664. The van der Waals surface area contributed by atoms with Gasteiger partial charge in [-0.25, -0.2) is 9.37 Å². The van der Waals surface area contributed by atoms with Crippen molar-refractivity contribution in [3.8, 4) is 17.3 Å². The van der Waals surface area contributed by atoms with Gasteiger partial charge in [-0.1, -0.05) is 42.0 Å². The maximum absolute atomic E-state index is 13.6. The predicted molar refractivity (Wildman–Crippen MR) is 95.9 cm³/mol. The average molecular weight is 335 g/mol. The molecule has 1 N–H and O–H groups in total. The van der Waals surface area contributed by atoms with Gasteiger partial charge in [0, 0.05) is 17.1 Å². The fraction of sp³-hybridized carbons (Fsp3) is 0.0526. The third-order valence-electron chi connectivity index (χ3n) is 3.45. The van der Waals surface area contributed by atoms with Crippen LogP contribution in [0.25, 0.3) is 16.8 Å². The van der Waals surface area contributed by atoms with Crippen LogP contribution in [0.5, 0.6) is 0 Å². The second-order valence-corrected chi connectivity index (χ2v) is 6.06. The van der Waals surface area contributed by atoms with Gasteiger partial charge in [0.1, 0.15) is 22.5 Å². The minimum absolute atomic E-state index is 0.320. The summed E-state index contributed by atoms with van der Waals surface area (Å²) in [6, 6.07) is 16.5. The fourth-order valence-electron chi connectivity index (χ4n) is 2.12. The summed E-state index contributed by atoms with van der Waals surface area (Å²) in [7, 11) is 0. The number of nitrogens with one attached hydrogen (secondary N) is 1. The van der Waals surface area contributed by atoms with Crippen molar-refractivity contribution in [3.63, 3.8) is 0 Å². The van der Waals surface area contributed by atoms with E-state index < -0.39 is 0 Å². The number of rotatable bonds is 4. The van der Waals surface area contributed by atoms with E-state index in [1.165, 1.54) is 29.2 Å². The van der Waals surface area contributed by atoms with E-state index in [9.17, 15) is 9.65 Å². The Morgan fingerprint density at radius 2 is 1.96 bits per heavy atom. The number of allylic oxidation sites excluding steroid dienone is 1. The van der Waals surface area contributed by atoms with Gasteiger partial charge in [-0.2, -0.15) is 5.26 Å². The summed E-state index contributed by atoms with van der Waals surface area (Å²) in [4.78, 5) is 4.51. The molecule has 118 valence electrons. The molecule has 0 fully saturated rings. The van der Waals surface area contributed by atoms with E-state index >= 15 is 0 Å². The average Bonchev–Trinajstić information content (AvgIpc) is 3.07. The van der Waals surface area contributed by atoms with Crippen LogP contribution in [0.15, 0.2) is 60.1 Å². The third-order valence-corrected chi connectivity index (χ3v) is 4.32. The van der Waals surface area contributed by atoms with Gasteiger partial charge in [0.05, 0.1) is 11.4 Å². The van der Waals surface area contributed by atoms with E-state index in [0.717, 1.165) is 11.3 Å². The zero-order valence-corrected chi connectivity index (χ0v) is 13.8. The van der Waals surface area contributed by atoms with E-state index in [0.29, 0.717) is 16.3 Å². The molecule has 1 aromatic heterocycles. The molecule has 0 aliphatic carbocycles. The first-order valence-electron chi connectivity index (χ1n) is 7.31. The van der Waals surface area contributed by atoms with Crippen LogP contribution in [-0.4, -0.2) is 4.98 Å². The van der Waals surface area contributed by atoms with Crippen molar-refractivity contribution < 1.29 is 4.39 Å². The Morgan fingerprint density at radius 3 is 2.67 bits per heavy atom. The molecule has 0 saturated heterocycles. The summed E-state index contributed by atoms with van der Waals surface area (Å²) in [6.45, 7) is 2.03. The molecule has 0 radical (unpaired) electrons. The molecular formula is C19H14FN3S. The Bertz CT molecular complexity index is 920. The van der Waals surface area contributed by atoms with Gasteiger partial charge >= 0.3 is 0 Å². The highest BCUT2D eigenvalue weighted by Crippen LogP contribution is 2.26. The van der Waals surface area contributed by atoms with Gasteiger partial charge in [-0.15, -0.1) is 11.3 Å². The molecule has 0 aliphatic rings. The SMILES string of the molecule is Cc1ccc(-c2csc(C(C#N)=CNc3ccccc3F)n2)cc1. The minimum Gasteiger partial charge on any atom is -0.358 e. The number of aryl methyl sites for hydroxylation is 1. The molecule has 3 aromatic rings. The number of thiazole rings is 1. The van der Waals surface area contributed by atoms with Crippen LogP contribution in [0.1, 0.15) is 10.6 Å². The molecule has 3 rings (SSSR count). The van der Waals surface area contributed by atoms with Crippen LogP contribution in [0, 0.1) is 24.1 Å². The number of nitrogens with zero attached hydrogens (tertiary/aromatic N) is 2. The van der Waals surface area contributed by atoms with E-state index in [1.54, 1.807) is 18.2 Å². The van der Waals surface area contributed by atoms with Crippen LogP contribution < -0.4 is 5.32 Å². The molecule has 3 nitrogen and oxygen atoms in total. The Morgan fingerprint density at radius 1 is 1.21 bits per heavy atom. The molecular weight excluding hydrogens is 321 g/mol. The van der Waals surface area contributed by atoms with Gasteiger partial charge in [-0.05, 0) is 19.1 Å². The smallest absolute Gasteiger partial charge is 0.146 e. The molecule has 0 bridgehead atoms. The second kappa shape index (κ2) is 7.07. The summed E-state index contributed by atoms with van der Waals surface area (Å²) < 4.78 is 13.6. The molecule has 5 heteroatoms. The monoisotopic (exact) mass is 335 g/mol. The standard InChI is InChI=1S/C19H14FN3S/c1-13-6-8-14(9-7-13)18-12-24-19(23-18)15(10-21)11-22-17-5-3-2-4-16(17)20/h2-9,11-12,22H,1H3. The molecule has 0 saturated carbocycles. The van der Waals surface area contributed by atoms with Gasteiger partial charge in [0.2, 0.25) is 0 Å². The largest absolute Gasteiger partial charge is 0.358 e. The minimum atomic E-state index is -0.370. The van der Waals surface area contributed by atoms with Crippen LogP contribution in [0.4, 0.5) is 10.1 Å². The lowest BCUT2D eigenvalue weighted by Gasteiger charge is -2.02. The summed E-state index contributed by atoms with van der Waals surface area (Å²) >= 11 is 1.38. The number of hydrogen-bond donors (Lipinski definition) is 1. The van der Waals surface area contributed by atoms with Crippen molar-refractivity contribution in [3.05, 3.63) is 76.5 Å². The predicted octanol–water partition coefficient (Wildman–Crippen LogP) is 5.23. The first-order chi connectivity index (χ1) is 11.7. The first-order valence-corrected chi connectivity index (χ1v) is 8.19. The van der Waals surface area contributed by atoms with Gasteiger partial charge in [-0.3, -0.25) is 0 Å². The van der Waals surface area contributed by atoms with E-state index in [4.69, 9.17) is 0 Å². The Labute approximate surface area is 143 Å². The molecule has 1 heterocycles. The van der Waals surface area contributed by atoms with Gasteiger partial charge in [0.25, 0.3) is 0 Å². The maximum Gasteiger partial charge on any atom is 0.146 e. The van der Waals surface area contributed by atoms with Crippen LogP contribution in [-0.2, 0) is 0 Å². The molecule has 24 heavy (non-hydrogen) atoms. The van der Waals surface area contributed by atoms with Gasteiger partial charge < -0.3 is 5.32 Å². The maximum atomic E-state index is 13.6. The van der Waals surface area contributed by atoms with Crippen molar-refractivity contribution >= 4 is 22.6 Å². The Balaban J connectivity index is 1.84. The van der Waals surface area contributed by atoms with Crippen LogP contribution in [0.2, 0.25) is 0 Å². The highest BCUT2D eigenvalue weighted by atomic mass is 32.1. The number of anilines is 1. The zero-order valence-electron chi connectivity index (χ0n) is 13.0. The van der Waals surface area contributed by atoms with Crippen molar-refractivity contribution in [2.45, 2.75) is 6.92 Å². The number of benzene rings is 2. The third kappa shape index (κ3) is 3.50. The number of halogens is 1. The van der Waals surface area contributed by atoms with E-state index in [-0.39, 0.29) is 5.82 Å². The first kappa shape index (κ1) is 15.9. The molecule has 0 unspecified atom stereocenters. The number of aromatic nitrogens is 1. The Hall–Kier alpha value is -2.97. The number of hydrogen-bond acceptors (Lipinski definition) is 4. The zero-order chi connectivity index (χ0) is 16.9. The number of para-hydroxylation sites is 1. The summed E-state index contributed by atoms with van der Waals surface area (Å²) in [5.74, 6) is -0.370. The molecule has 0 aliphatic heterocycles. The summed E-state index contributed by atoms with van der Waals surface area (Å²) in [5, 5.41) is 14.7. The lowest BCUT2D eigenvalue weighted by Crippen LogP contribution is -1.93. The topological polar surface area (TPSA) is 48.7 Å². The normalized spacial score (nSPS) is 11.1. The number of nitriles is 1. The molecule has 0 spiro atoms. The molecule has 0 amide bonds. The van der Waals surface area contributed by atoms with Gasteiger partial charge in [0.15, 0.2) is 0 Å².